The zero-order valence-electron chi connectivity index (χ0n) is 19.0. The second kappa shape index (κ2) is 10.3. The number of alkyl halides is 3. The number of aromatic nitrogens is 3. The van der Waals surface area contributed by atoms with Crippen molar-refractivity contribution in [3.63, 3.8) is 0 Å². The van der Waals surface area contributed by atoms with E-state index in [9.17, 15) is 18.0 Å². The van der Waals surface area contributed by atoms with Crippen molar-refractivity contribution >= 4 is 23.5 Å². The number of hydrogen-bond donors (Lipinski definition) is 2. The van der Waals surface area contributed by atoms with Gasteiger partial charge in [-0.1, -0.05) is 0 Å². The maximum atomic E-state index is 12.4. The highest BCUT2D eigenvalue weighted by molar-refractivity contribution is 5.92. The van der Waals surface area contributed by atoms with Gasteiger partial charge in [0.1, 0.15) is 23.7 Å². The quantitative estimate of drug-likeness (QED) is 0.655. The third kappa shape index (κ3) is 5.95. The van der Waals surface area contributed by atoms with Crippen molar-refractivity contribution in [1.82, 2.24) is 19.9 Å². The Morgan fingerprint density at radius 1 is 1.29 bits per heavy atom. The molecule has 2 N–H and O–H groups in total. The summed E-state index contributed by atoms with van der Waals surface area (Å²) in [5, 5.41) is 10.2. The molecule has 0 spiro atoms. The minimum atomic E-state index is -5.08. The molecule has 4 rings (SSSR count). The van der Waals surface area contributed by atoms with E-state index in [0.717, 1.165) is 24.7 Å². The molecular weight excluding hydrogens is 457 g/mol. The molecule has 2 aromatic rings. The Labute approximate surface area is 194 Å². The highest BCUT2D eigenvalue weighted by Gasteiger charge is 2.44. The molecular formula is C21H27F3N6O4. The van der Waals surface area contributed by atoms with Gasteiger partial charge in [0, 0.05) is 64.9 Å². The third-order valence-corrected chi connectivity index (χ3v) is 5.80. The van der Waals surface area contributed by atoms with Crippen molar-refractivity contribution in [3.05, 3.63) is 36.4 Å². The molecule has 0 unspecified atom stereocenters. The van der Waals surface area contributed by atoms with E-state index in [-0.39, 0.29) is 12.0 Å². The van der Waals surface area contributed by atoms with Gasteiger partial charge >= 0.3 is 12.1 Å². The summed E-state index contributed by atoms with van der Waals surface area (Å²) in [5.74, 6) is -0.252. The lowest BCUT2D eigenvalue weighted by Gasteiger charge is -2.22. The fourth-order valence-electron chi connectivity index (χ4n) is 3.96. The number of nitrogens with zero attached hydrogens (tertiary/aromatic N) is 5. The van der Waals surface area contributed by atoms with Gasteiger partial charge < -0.3 is 29.5 Å². The van der Waals surface area contributed by atoms with E-state index in [1.54, 1.807) is 6.33 Å². The summed E-state index contributed by atoms with van der Waals surface area (Å²) in [6.45, 7) is 3.05. The standard InChI is InChI=1S/C19H26N6O2.C2HF3O2/c1-23(2)17-7-18(22-12-21-17)25-9-14-13(11-27-16(14)10-25)8-20-19(26)15-5-4-6-24(15)3;3-2(4,5)1(6)7/h4-7,12-14,16H,8-11H2,1-3H3,(H,20,26);(H,6,7)/t13-,14+,16+;/m0./s1. The monoisotopic (exact) mass is 484 g/mol. The van der Waals surface area contributed by atoms with Crippen LogP contribution in [0.3, 0.4) is 0 Å². The number of nitrogens with one attached hydrogen (secondary N) is 1. The normalized spacial score (nSPS) is 21.5. The van der Waals surface area contributed by atoms with Crippen LogP contribution in [0.5, 0.6) is 0 Å². The van der Waals surface area contributed by atoms with Crippen LogP contribution in [0.15, 0.2) is 30.7 Å². The van der Waals surface area contributed by atoms with Gasteiger partial charge in [-0.2, -0.15) is 13.2 Å². The minimum absolute atomic E-state index is 0.0350. The van der Waals surface area contributed by atoms with E-state index in [1.165, 1.54) is 0 Å². The first-order valence-corrected chi connectivity index (χ1v) is 10.5. The molecule has 186 valence electrons. The fourth-order valence-corrected chi connectivity index (χ4v) is 3.96. The molecule has 34 heavy (non-hydrogen) atoms. The van der Waals surface area contributed by atoms with E-state index < -0.39 is 12.1 Å². The zero-order valence-corrected chi connectivity index (χ0v) is 19.0. The number of hydrogen-bond acceptors (Lipinski definition) is 7. The molecule has 0 saturated carbocycles. The predicted molar refractivity (Wildman–Crippen MR) is 117 cm³/mol. The lowest BCUT2D eigenvalue weighted by atomic mass is 9.93. The van der Waals surface area contributed by atoms with Crippen LogP contribution in [0.1, 0.15) is 10.5 Å². The number of carbonyl (C=O) groups excluding carboxylic acids is 1. The Hall–Kier alpha value is -3.35. The van der Waals surface area contributed by atoms with Crippen LogP contribution in [-0.4, -0.2) is 84.1 Å². The van der Waals surface area contributed by atoms with Gasteiger partial charge in [-0.3, -0.25) is 4.79 Å². The van der Waals surface area contributed by atoms with Crippen LogP contribution in [0.2, 0.25) is 0 Å². The maximum absolute atomic E-state index is 12.4. The summed E-state index contributed by atoms with van der Waals surface area (Å²) < 4.78 is 39.6. The summed E-state index contributed by atoms with van der Waals surface area (Å²) in [7, 11) is 5.82. The van der Waals surface area contributed by atoms with Crippen LogP contribution in [0.25, 0.3) is 0 Å². The minimum Gasteiger partial charge on any atom is -0.475 e. The highest BCUT2D eigenvalue weighted by Crippen LogP contribution is 2.35. The van der Waals surface area contributed by atoms with Gasteiger partial charge in [-0.05, 0) is 12.1 Å². The smallest absolute Gasteiger partial charge is 0.475 e. The number of rotatable bonds is 5. The average Bonchev–Trinajstić information content (AvgIpc) is 3.48. The van der Waals surface area contributed by atoms with Gasteiger partial charge in [0.05, 0.1) is 12.7 Å². The molecule has 0 radical (unpaired) electrons. The van der Waals surface area contributed by atoms with Crippen molar-refractivity contribution in [2.75, 3.05) is 50.1 Å². The molecule has 2 fully saturated rings. The maximum Gasteiger partial charge on any atom is 0.490 e. The lowest BCUT2D eigenvalue weighted by Crippen LogP contribution is -2.35. The zero-order chi connectivity index (χ0) is 25.0. The van der Waals surface area contributed by atoms with Gasteiger partial charge in [-0.25, -0.2) is 14.8 Å². The van der Waals surface area contributed by atoms with Crippen molar-refractivity contribution in [2.24, 2.45) is 18.9 Å². The number of ether oxygens (including phenoxy) is 1. The van der Waals surface area contributed by atoms with E-state index in [4.69, 9.17) is 14.6 Å². The summed E-state index contributed by atoms with van der Waals surface area (Å²) >= 11 is 0. The average molecular weight is 484 g/mol. The van der Waals surface area contributed by atoms with Crippen molar-refractivity contribution in [1.29, 1.82) is 0 Å². The number of amides is 1. The van der Waals surface area contributed by atoms with Crippen molar-refractivity contribution < 1.29 is 32.6 Å². The molecule has 2 aliphatic rings. The van der Waals surface area contributed by atoms with Gasteiger partial charge in [0.2, 0.25) is 0 Å². The number of aryl methyl sites for hydroxylation is 1. The van der Waals surface area contributed by atoms with E-state index in [2.05, 4.69) is 20.2 Å². The van der Waals surface area contributed by atoms with E-state index in [1.807, 2.05) is 55.0 Å². The second-order valence-electron chi connectivity index (χ2n) is 8.35. The van der Waals surface area contributed by atoms with Crippen LogP contribution in [0.4, 0.5) is 24.8 Å². The molecule has 1 amide bonds. The first-order chi connectivity index (χ1) is 16.0. The molecule has 0 aromatic carbocycles. The summed E-state index contributed by atoms with van der Waals surface area (Å²) in [6.07, 6.45) is -1.40. The van der Waals surface area contributed by atoms with Gasteiger partial charge in [0.25, 0.3) is 5.91 Å². The first kappa shape index (κ1) is 25.3. The predicted octanol–water partition coefficient (Wildman–Crippen LogP) is 1.40. The van der Waals surface area contributed by atoms with Gasteiger partial charge in [0.15, 0.2) is 0 Å². The van der Waals surface area contributed by atoms with Crippen LogP contribution >= 0.6 is 0 Å². The molecule has 0 bridgehead atoms. The molecule has 0 aliphatic carbocycles. The van der Waals surface area contributed by atoms with Crippen LogP contribution in [-0.2, 0) is 16.6 Å². The summed E-state index contributed by atoms with van der Waals surface area (Å²) in [6, 6.07) is 5.72. The first-order valence-electron chi connectivity index (χ1n) is 10.5. The number of carboxylic acids is 1. The van der Waals surface area contributed by atoms with Gasteiger partial charge in [-0.15, -0.1) is 0 Å². The SMILES string of the molecule is CN(C)c1cc(N2C[C@@H]3[C@@H](CNC(=O)c4cccn4C)CO[C@@H]3C2)ncn1.O=C(O)C(F)(F)F. The third-order valence-electron chi connectivity index (χ3n) is 5.80. The number of anilines is 2. The molecule has 2 aliphatic heterocycles. The van der Waals surface area contributed by atoms with Crippen molar-refractivity contribution in [2.45, 2.75) is 12.3 Å². The lowest BCUT2D eigenvalue weighted by molar-refractivity contribution is -0.192. The molecule has 10 nitrogen and oxygen atoms in total. The highest BCUT2D eigenvalue weighted by atomic mass is 19.4. The summed E-state index contributed by atoms with van der Waals surface area (Å²) in [4.78, 5) is 34.2. The number of aliphatic carboxylic acids is 1. The largest absolute Gasteiger partial charge is 0.490 e. The Balaban J connectivity index is 0.000000406. The van der Waals surface area contributed by atoms with E-state index in [0.29, 0.717) is 30.7 Å². The number of carbonyl (C=O) groups is 2. The second-order valence-corrected chi connectivity index (χ2v) is 8.35. The molecule has 4 heterocycles. The number of carboxylic acid groups (broad SMARTS) is 1. The molecule has 3 atom stereocenters. The van der Waals surface area contributed by atoms with Crippen LogP contribution < -0.4 is 15.1 Å². The number of halogens is 3. The Kier molecular flexibility index (Phi) is 7.64. The topological polar surface area (TPSA) is 113 Å². The summed E-state index contributed by atoms with van der Waals surface area (Å²) in [5.41, 5.74) is 0.677. The Morgan fingerprint density at radius 2 is 2.00 bits per heavy atom. The molecule has 2 saturated heterocycles. The fraction of sp³-hybridized carbons (Fsp3) is 0.524. The molecule has 2 aromatic heterocycles. The van der Waals surface area contributed by atoms with Crippen molar-refractivity contribution in [3.8, 4) is 0 Å². The Bertz CT molecular complexity index is 1010. The van der Waals surface area contributed by atoms with E-state index >= 15 is 0 Å². The molecule has 13 heteroatoms. The number of fused-ring (bicyclic) bond motifs is 1. The van der Waals surface area contributed by atoms with Crippen LogP contribution in [0, 0.1) is 11.8 Å². The Morgan fingerprint density at radius 3 is 2.59 bits per heavy atom.